The van der Waals surface area contributed by atoms with Crippen molar-refractivity contribution in [2.45, 2.75) is 6.04 Å². The van der Waals surface area contributed by atoms with Crippen molar-refractivity contribution in [3.05, 3.63) is 58.5 Å². The van der Waals surface area contributed by atoms with E-state index in [9.17, 15) is 9.59 Å². The third-order valence-corrected chi connectivity index (χ3v) is 5.10. The van der Waals surface area contributed by atoms with E-state index in [1.807, 2.05) is 41.8 Å². The summed E-state index contributed by atoms with van der Waals surface area (Å²) in [6.45, 7) is 0.987. The van der Waals surface area contributed by atoms with E-state index >= 15 is 0 Å². The molecular formula is C17H14N4O3S. The predicted molar refractivity (Wildman–Crippen MR) is 91.7 cm³/mol. The van der Waals surface area contributed by atoms with Gasteiger partial charge in [-0.05, 0) is 17.0 Å². The van der Waals surface area contributed by atoms with E-state index in [0.717, 1.165) is 16.0 Å². The molecule has 1 aliphatic rings. The molecule has 1 fully saturated rings. The summed E-state index contributed by atoms with van der Waals surface area (Å²) in [7, 11) is 0. The maximum Gasteiger partial charge on any atom is 0.358 e. The number of carboxylic acid groups (broad SMARTS) is 1. The molecule has 8 heteroatoms. The normalized spacial score (nSPS) is 14.3. The Morgan fingerprint density at radius 1 is 1.16 bits per heavy atom. The Hall–Kier alpha value is -3.00. The Balaban J connectivity index is 1.47. The number of aromatic nitrogens is 3. The molecule has 4 rings (SSSR count). The van der Waals surface area contributed by atoms with E-state index in [2.05, 4.69) is 10.3 Å². The summed E-state index contributed by atoms with van der Waals surface area (Å²) in [6.07, 6.45) is 1.40. The first-order valence-electron chi connectivity index (χ1n) is 7.71. The lowest BCUT2D eigenvalue weighted by molar-refractivity contribution is 0.0503. The van der Waals surface area contributed by atoms with E-state index in [4.69, 9.17) is 5.11 Å². The van der Waals surface area contributed by atoms with Gasteiger partial charge in [-0.2, -0.15) is 0 Å². The summed E-state index contributed by atoms with van der Waals surface area (Å²) in [4.78, 5) is 26.1. The van der Waals surface area contributed by atoms with Crippen LogP contribution in [0.5, 0.6) is 0 Å². The quantitative estimate of drug-likeness (QED) is 0.777. The summed E-state index contributed by atoms with van der Waals surface area (Å²) >= 11 is 1.43. The van der Waals surface area contributed by atoms with Crippen LogP contribution in [0.4, 0.5) is 0 Å². The van der Waals surface area contributed by atoms with Crippen molar-refractivity contribution < 1.29 is 14.7 Å². The van der Waals surface area contributed by atoms with Crippen molar-refractivity contribution in [3.8, 4) is 11.1 Å². The topological polar surface area (TPSA) is 88.3 Å². The largest absolute Gasteiger partial charge is 0.476 e. The maximum atomic E-state index is 12.8. The standard InChI is InChI=1S/C17H14N4O3S/c22-16(15-13(6-7-25-15)11-4-2-1-3-5-11)20-8-12(9-20)21-10-14(17(23)24)18-19-21/h1-7,10,12H,8-9H2,(H,23,24). The average molecular weight is 354 g/mol. The predicted octanol–water partition coefficient (Wildman–Crippen LogP) is 2.40. The van der Waals surface area contributed by atoms with E-state index in [1.165, 1.54) is 22.2 Å². The number of hydrogen-bond donors (Lipinski definition) is 1. The highest BCUT2D eigenvalue weighted by atomic mass is 32.1. The summed E-state index contributed by atoms with van der Waals surface area (Å²) in [5.41, 5.74) is 1.87. The van der Waals surface area contributed by atoms with Crippen LogP contribution in [-0.2, 0) is 0 Å². The van der Waals surface area contributed by atoms with Crippen molar-refractivity contribution >= 4 is 23.2 Å². The molecule has 25 heavy (non-hydrogen) atoms. The number of carbonyl (C=O) groups is 2. The molecule has 0 bridgehead atoms. The van der Waals surface area contributed by atoms with Gasteiger partial charge >= 0.3 is 5.97 Å². The molecule has 0 atom stereocenters. The van der Waals surface area contributed by atoms with Crippen LogP contribution >= 0.6 is 11.3 Å². The van der Waals surface area contributed by atoms with E-state index in [0.29, 0.717) is 13.1 Å². The van der Waals surface area contributed by atoms with Crippen LogP contribution in [0.25, 0.3) is 11.1 Å². The van der Waals surface area contributed by atoms with Gasteiger partial charge in [-0.3, -0.25) is 4.79 Å². The summed E-state index contributed by atoms with van der Waals surface area (Å²) in [6, 6.07) is 11.7. The number of benzene rings is 1. The second-order valence-corrected chi connectivity index (χ2v) is 6.70. The van der Waals surface area contributed by atoms with Crippen LogP contribution in [0.2, 0.25) is 0 Å². The monoisotopic (exact) mass is 354 g/mol. The Morgan fingerprint density at radius 3 is 2.60 bits per heavy atom. The van der Waals surface area contributed by atoms with Gasteiger partial charge in [0.1, 0.15) is 0 Å². The van der Waals surface area contributed by atoms with Crippen molar-refractivity contribution in [1.82, 2.24) is 19.9 Å². The van der Waals surface area contributed by atoms with Gasteiger partial charge in [-0.25, -0.2) is 9.48 Å². The SMILES string of the molecule is O=C(O)c1cn(C2CN(C(=O)c3sccc3-c3ccccc3)C2)nn1. The molecule has 0 aliphatic carbocycles. The third kappa shape index (κ3) is 2.80. The van der Waals surface area contributed by atoms with Gasteiger partial charge < -0.3 is 10.0 Å². The molecule has 0 saturated carbocycles. The second-order valence-electron chi connectivity index (χ2n) is 5.78. The smallest absolute Gasteiger partial charge is 0.358 e. The zero-order valence-electron chi connectivity index (χ0n) is 13.1. The van der Waals surface area contributed by atoms with Crippen molar-refractivity contribution in [3.63, 3.8) is 0 Å². The molecular weight excluding hydrogens is 340 g/mol. The van der Waals surface area contributed by atoms with Crippen molar-refractivity contribution in [1.29, 1.82) is 0 Å². The van der Waals surface area contributed by atoms with Crippen molar-refractivity contribution in [2.24, 2.45) is 0 Å². The van der Waals surface area contributed by atoms with Gasteiger partial charge in [0.15, 0.2) is 5.69 Å². The van der Waals surface area contributed by atoms with Crippen LogP contribution in [0.15, 0.2) is 48.0 Å². The van der Waals surface area contributed by atoms with Crippen LogP contribution in [0.1, 0.15) is 26.2 Å². The molecule has 3 heterocycles. The average Bonchev–Trinajstić information content (AvgIpc) is 3.24. The molecule has 2 aromatic heterocycles. The number of rotatable bonds is 4. The molecule has 0 spiro atoms. The number of nitrogens with zero attached hydrogens (tertiary/aromatic N) is 4. The summed E-state index contributed by atoms with van der Waals surface area (Å²) in [5.74, 6) is -1.12. The Kier molecular flexibility index (Phi) is 3.81. The molecule has 0 radical (unpaired) electrons. The van der Waals surface area contributed by atoms with Gasteiger partial charge in [0.2, 0.25) is 0 Å². The fraction of sp³-hybridized carbons (Fsp3) is 0.176. The van der Waals surface area contributed by atoms with Gasteiger partial charge in [0, 0.05) is 18.7 Å². The highest BCUT2D eigenvalue weighted by Crippen LogP contribution is 2.32. The van der Waals surface area contributed by atoms with Crippen molar-refractivity contribution in [2.75, 3.05) is 13.1 Å². The number of likely N-dealkylation sites (tertiary alicyclic amines) is 1. The summed E-state index contributed by atoms with van der Waals surface area (Å²) in [5, 5.41) is 18.3. The van der Waals surface area contributed by atoms with Crippen LogP contribution < -0.4 is 0 Å². The van der Waals surface area contributed by atoms with Gasteiger partial charge in [0.05, 0.1) is 17.1 Å². The first-order valence-corrected chi connectivity index (χ1v) is 8.59. The molecule has 1 amide bonds. The van der Waals surface area contributed by atoms with Crippen LogP contribution in [0.3, 0.4) is 0 Å². The highest BCUT2D eigenvalue weighted by molar-refractivity contribution is 7.12. The number of amides is 1. The van der Waals surface area contributed by atoms with E-state index in [-0.39, 0.29) is 17.6 Å². The molecule has 1 saturated heterocycles. The minimum Gasteiger partial charge on any atom is -0.476 e. The summed E-state index contributed by atoms with van der Waals surface area (Å²) < 4.78 is 1.51. The number of aromatic carboxylic acids is 1. The lowest BCUT2D eigenvalue weighted by Crippen LogP contribution is -2.50. The fourth-order valence-electron chi connectivity index (χ4n) is 2.81. The fourth-order valence-corrected chi connectivity index (χ4v) is 3.69. The number of hydrogen-bond acceptors (Lipinski definition) is 5. The van der Waals surface area contributed by atoms with E-state index < -0.39 is 5.97 Å². The lowest BCUT2D eigenvalue weighted by atomic mass is 10.0. The number of carbonyl (C=O) groups excluding carboxylic acids is 1. The molecule has 1 aliphatic heterocycles. The molecule has 7 nitrogen and oxygen atoms in total. The highest BCUT2D eigenvalue weighted by Gasteiger charge is 2.35. The second kappa shape index (κ2) is 6.14. The molecule has 126 valence electrons. The van der Waals surface area contributed by atoms with E-state index in [1.54, 1.807) is 4.90 Å². The third-order valence-electron chi connectivity index (χ3n) is 4.20. The lowest BCUT2D eigenvalue weighted by Gasteiger charge is -2.38. The molecule has 1 aromatic carbocycles. The van der Waals surface area contributed by atoms with Gasteiger partial charge in [-0.1, -0.05) is 35.5 Å². The maximum absolute atomic E-state index is 12.8. The van der Waals surface area contributed by atoms with Gasteiger partial charge in [0.25, 0.3) is 5.91 Å². The van der Waals surface area contributed by atoms with Crippen LogP contribution in [-0.4, -0.2) is 50.0 Å². The Morgan fingerprint density at radius 2 is 1.92 bits per heavy atom. The number of carboxylic acids is 1. The van der Waals surface area contributed by atoms with Crippen LogP contribution in [0, 0.1) is 0 Å². The van der Waals surface area contributed by atoms with Gasteiger partial charge in [-0.15, -0.1) is 16.4 Å². The Bertz CT molecular complexity index is 928. The Labute approximate surface area is 147 Å². The molecule has 0 unspecified atom stereocenters. The molecule has 1 N–H and O–H groups in total. The first-order chi connectivity index (χ1) is 12.1. The first kappa shape index (κ1) is 15.5. The molecule has 3 aromatic rings. The minimum absolute atomic E-state index is 0.0105. The zero-order chi connectivity index (χ0) is 17.4. The minimum atomic E-state index is -1.11. The number of thiophene rings is 1. The zero-order valence-corrected chi connectivity index (χ0v) is 13.9.